The summed E-state index contributed by atoms with van der Waals surface area (Å²) in [6, 6.07) is 0.669. The minimum atomic E-state index is 0.182. The highest BCUT2D eigenvalue weighted by molar-refractivity contribution is 5.39. The molecule has 3 aliphatic rings. The monoisotopic (exact) mass is 456 g/mol. The van der Waals surface area contributed by atoms with Crippen molar-refractivity contribution in [2.24, 2.45) is 5.92 Å². The molecule has 0 aliphatic carbocycles. The Morgan fingerprint density at radius 2 is 2.03 bits per heavy atom. The van der Waals surface area contributed by atoms with Crippen molar-refractivity contribution in [2.75, 3.05) is 48.0 Å². The molecule has 182 valence electrons. The number of nitrogens with zero attached hydrogens (tertiary/aromatic N) is 2. The van der Waals surface area contributed by atoms with Gasteiger partial charge in [0, 0.05) is 25.2 Å². The fourth-order valence-corrected chi connectivity index (χ4v) is 5.09. The Hall–Kier alpha value is -2.44. The van der Waals surface area contributed by atoms with Crippen LogP contribution in [0.5, 0.6) is 0 Å². The lowest BCUT2D eigenvalue weighted by molar-refractivity contribution is 0.108. The maximum absolute atomic E-state index is 10.2. The molecule has 0 bridgehead atoms. The molecule has 6 nitrogen and oxygen atoms in total. The maximum atomic E-state index is 10.2. The van der Waals surface area contributed by atoms with Crippen molar-refractivity contribution >= 4 is 0 Å². The molecule has 0 aromatic rings. The van der Waals surface area contributed by atoms with Crippen molar-refractivity contribution in [3.8, 4) is 0 Å². The topological polar surface area (TPSA) is 54.4 Å². The Labute approximate surface area is 199 Å². The summed E-state index contributed by atoms with van der Waals surface area (Å²) in [5.74, 6) is 2.02. The first kappa shape index (κ1) is 25.2. The summed E-state index contributed by atoms with van der Waals surface area (Å²) in [6.45, 7) is 7.61. The van der Waals surface area contributed by atoms with Crippen LogP contribution >= 0.6 is 0 Å². The van der Waals surface area contributed by atoms with Crippen LogP contribution in [-0.4, -0.2) is 75.0 Å². The molecule has 0 amide bonds. The number of hydrogen-bond donors (Lipinski definition) is 1. The average molecular weight is 457 g/mol. The summed E-state index contributed by atoms with van der Waals surface area (Å²) >= 11 is 0. The van der Waals surface area contributed by atoms with E-state index >= 15 is 0 Å². The van der Waals surface area contributed by atoms with Gasteiger partial charge in [-0.15, -0.1) is 0 Å². The van der Waals surface area contributed by atoms with E-state index < -0.39 is 0 Å². The van der Waals surface area contributed by atoms with Crippen molar-refractivity contribution in [1.29, 1.82) is 0 Å². The number of fused-ring (bicyclic) bond motifs is 1. The normalized spacial score (nSPS) is 33.3. The lowest BCUT2D eigenvalue weighted by Gasteiger charge is -2.45. The second kappa shape index (κ2) is 12.1. The highest BCUT2D eigenvalue weighted by Gasteiger charge is 2.35. The minimum absolute atomic E-state index is 0.182. The molecule has 3 heterocycles. The zero-order valence-corrected chi connectivity index (χ0v) is 20.6. The quantitative estimate of drug-likeness (QED) is 0.584. The predicted octanol–water partition coefficient (Wildman–Crippen LogP) is 4.71. The number of aliphatic hydroxyl groups is 1. The molecule has 3 unspecified atom stereocenters. The van der Waals surface area contributed by atoms with Gasteiger partial charge in [-0.05, 0) is 81.0 Å². The molecule has 0 aromatic carbocycles. The Bertz CT molecular complexity index is 839. The number of ether oxygens (including phenoxy) is 3. The van der Waals surface area contributed by atoms with Crippen LogP contribution in [0, 0.1) is 5.92 Å². The summed E-state index contributed by atoms with van der Waals surface area (Å²) in [6.07, 6.45) is 16.8. The molecule has 2 saturated heterocycles. The van der Waals surface area contributed by atoms with Gasteiger partial charge < -0.3 is 19.3 Å². The third-order valence-corrected chi connectivity index (χ3v) is 7.10. The number of allylic oxidation sites excluding steroid dienone is 3. The predicted molar refractivity (Wildman–Crippen MR) is 133 cm³/mol. The van der Waals surface area contributed by atoms with Gasteiger partial charge in [0.15, 0.2) is 17.3 Å². The van der Waals surface area contributed by atoms with E-state index in [9.17, 15) is 5.11 Å². The third kappa shape index (κ3) is 6.55. The van der Waals surface area contributed by atoms with Crippen LogP contribution in [0.4, 0.5) is 0 Å². The van der Waals surface area contributed by atoms with E-state index in [1.807, 2.05) is 12.2 Å². The molecule has 3 aliphatic heterocycles. The molecular weight excluding hydrogens is 416 g/mol. The zero-order chi connectivity index (χ0) is 23.8. The van der Waals surface area contributed by atoms with E-state index in [0.29, 0.717) is 23.8 Å². The Morgan fingerprint density at radius 1 is 1.21 bits per heavy atom. The molecule has 2 fully saturated rings. The van der Waals surface area contributed by atoms with Crippen LogP contribution in [0.25, 0.3) is 0 Å². The Morgan fingerprint density at radius 3 is 2.76 bits per heavy atom. The summed E-state index contributed by atoms with van der Waals surface area (Å²) in [5, 5.41) is 10.2. The number of likely N-dealkylation sites (N-methyl/N-ethyl adjacent to an activating group) is 1. The van der Waals surface area contributed by atoms with Crippen molar-refractivity contribution in [3.63, 3.8) is 0 Å². The van der Waals surface area contributed by atoms with Gasteiger partial charge in [-0.3, -0.25) is 9.80 Å². The first-order chi connectivity index (χ1) is 16.0. The van der Waals surface area contributed by atoms with E-state index in [4.69, 9.17) is 14.2 Å². The molecule has 0 radical (unpaired) electrons. The molecule has 6 heteroatoms. The van der Waals surface area contributed by atoms with Gasteiger partial charge in [0.05, 0.1) is 21.3 Å². The molecule has 0 spiro atoms. The van der Waals surface area contributed by atoms with E-state index in [2.05, 4.69) is 35.6 Å². The van der Waals surface area contributed by atoms with Crippen molar-refractivity contribution < 1.29 is 19.3 Å². The number of piperidine rings is 2. The lowest BCUT2D eigenvalue weighted by atomic mass is 9.79. The van der Waals surface area contributed by atoms with Gasteiger partial charge in [-0.2, -0.15) is 0 Å². The summed E-state index contributed by atoms with van der Waals surface area (Å²) in [4.78, 5) is 4.99. The average Bonchev–Trinajstić information content (AvgIpc) is 2.82. The van der Waals surface area contributed by atoms with E-state index in [1.165, 1.54) is 17.6 Å². The highest BCUT2D eigenvalue weighted by atomic mass is 16.5. The summed E-state index contributed by atoms with van der Waals surface area (Å²) in [7, 11) is 7.08. The minimum Gasteiger partial charge on any atom is -0.504 e. The van der Waals surface area contributed by atoms with Crippen LogP contribution in [0.15, 0.2) is 71.6 Å². The van der Waals surface area contributed by atoms with Gasteiger partial charge in [-0.1, -0.05) is 18.7 Å². The summed E-state index contributed by atoms with van der Waals surface area (Å²) in [5.41, 5.74) is 2.47. The molecule has 3 rings (SSSR count). The number of hydrogen-bond acceptors (Lipinski definition) is 6. The molecule has 0 saturated carbocycles. The largest absolute Gasteiger partial charge is 0.504 e. The first-order valence-electron chi connectivity index (χ1n) is 11.9. The zero-order valence-electron chi connectivity index (χ0n) is 20.6. The molecule has 33 heavy (non-hydrogen) atoms. The van der Waals surface area contributed by atoms with E-state index in [1.54, 1.807) is 33.7 Å². The Balaban J connectivity index is 1.72. The van der Waals surface area contributed by atoms with Crippen LogP contribution in [0.1, 0.15) is 32.1 Å². The molecule has 0 aromatic heterocycles. The number of aliphatic hydroxyl groups excluding tert-OH is 1. The first-order valence-corrected chi connectivity index (χ1v) is 11.9. The van der Waals surface area contributed by atoms with E-state index in [-0.39, 0.29) is 5.76 Å². The van der Waals surface area contributed by atoms with Crippen molar-refractivity contribution in [2.45, 2.75) is 44.2 Å². The van der Waals surface area contributed by atoms with Gasteiger partial charge in [0.25, 0.3) is 0 Å². The standard InChI is InChI=1S/C27H40N2O4/c1-20-22(18-24(32-4)19-31-3)12-15-29-14-11-21(17-25(20)29)16-23-9-10-27(33-5)26(30)8-6-7-13-28(23)2/h6,8-10,18-19,21,23,25,30H,1,7,11-17H2,2-5H3/b8-6+,10-9+,22-18-,24-19-,27-26-. The highest BCUT2D eigenvalue weighted by Crippen LogP contribution is 2.37. The molecule has 1 N–H and O–H groups in total. The van der Waals surface area contributed by atoms with Gasteiger partial charge in [0.1, 0.15) is 6.26 Å². The van der Waals surface area contributed by atoms with Crippen LogP contribution in [0.3, 0.4) is 0 Å². The Kier molecular flexibility index (Phi) is 9.27. The van der Waals surface area contributed by atoms with Crippen LogP contribution < -0.4 is 0 Å². The SMILES string of the molecule is C=C1/C(=C\C(=C\OC)OC)CCN2CCC(CC3/C=C/C(OC)=C(O)\C=C\CCN3C)CC12. The van der Waals surface area contributed by atoms with Gasteiger partial charge in [-0.25, -0.2) is 0 Å². The number of methoxy groups -OCH3 is 3. The second-order valence-electron chi connectivity index (χ2n) is 9.13. The van der Waals surface area contributed by atoms with Gasteiger partial charge >= 0.3 is 0 Å². The third-order valence-electron chi connectivity index (χ3n) is 7.10. The second-order valence-corrected chi connectivity index (χ2v) is 9.13. The van der Waals surface area contributed by atoms with Crippen LogP contribution in [0.2, 0.25) is 0 Å². The molecule has 3 atom stereocenters. The van der Waals surface area contributed by atoms with Crippen LogP contribution in [-0.2, 0) is 14.2 Å². The van der Waals surface area contributed by atoms with Crippen molar-refractivity contribution in [1.82, 2.24) is 9.80 Å². The lowest BCUT2D eigenvalue weighted by Crippen LogP contribution is -2.48. The fraction of sp³-hybridized carbons (Fsp3) is 0.556. The smallest absolute Gasteiger partial charge is 0.160 e. The number of rotatable bonds is 6. The summed E-state index contributed by atoms with van der Waals surface area (Å²) < 4.78 is 16.0. The van der Waals surface area contributed by atoms with Crippen molar-refractivity contribution in [3.05, 3.63) is 71.6 Å². The molecular formula is C27H40N2O4. The van der Waals surface area contributed by atoms with Gasteiger partial charge in [0.2, 0.25) is 0 Å². The fourth-order valence-electron chi connectivity index (χ4n) is 5.09. The maximum Gasteiger partial charge on any atom is 0.160 e. The van der Waals surface area contributed by atoms with E-state index in [0.717, 1.165) is 51.1 Å².